The van der Waals surface area contributed by atoms with Gasteiger partial charge in [-0.1, -0.05) is 176 Å². The Morgan fingerprint density at radius 3 is 1.47 bits per heavy atom. The Bertz CT molecular complexity index is 3150. The van der Waals surface area contributed by atoms with Crippen molar-refractivity contribution >= 4 is 65.0 Å². The van der Waals surface area contributed by atoms with Gasteiger partial charge in [0.2, 0.25) is 0 Å². The maximum atomic E-state index is 6.30. The minimum atomic E-state index is 0.914. The standard InChI is InChI=1S/C52H32O/c1-2-12-34(13-3-1)38-28-29-46(41-17-7-6-16-40(38)41)51-44-20-10-8-18-42(44)50(43-19-9-11-21-45(43)51)36-24-22-33(23-25-36)37-27-30-48-47(32-37)52-39-15-5-4-14-35(39)26-31-49(52)53-48/h1-32H. The Morgan fingerprint density at radius 2 is 0.774 bits per heavy atom. The van der Waals surface area contributed by atoms with Gasteiger partial charge in [-0.3, -0.25) is 0 Å². The van der Waals surface area contributed by atoms with Crippen molar-refractivity contribution in [3.05, 3.63) is 194 Å². The van der Waals surface area contributed by atoms with E-state index in [9.17, 15) is 0 Å². The van der Waals surface area contributed by atoms with Crippen molar-refractivity contribution in [2.75, 3.05) is 0 Å². The molecule has 246 valence electrons. The van der Waals surface area contributed by atoms with Crippen LogP contribution in [0.4, 0.5) is 0 Å². The second kappa shape index (κ2) is 11.8. The van der Waals surface area contributed by atoms with Crippen molar-refractivity contribution < 1.29 is 4.42 Å². The molecule has 0 aliphatic carbocycles. The normalized spacial score (nSPS) is 11.8. The van der Waals surface area contributed by atoms with Crippen LogP contribution in [0.1, 0.15) is 0 Å². The van der Waals surface area contributed by atoms with E-state index < -0.39 is 0 Å². The molecule has 10 aromatic carbocycles. The summed E-state index contributed by atoms with van der Waals surface area (Å²) in [4.78, 5) is 0. The number of benzene rings is 10. The summed E-state index contributed by atoms with van der Waals surface area (Å²) >= 11 is 0. The van der Waals surface area contributed by atoms with Crippen LogP contribution in [0.3, 0.4) is 0 Å². The molecule has 0 saturated carbocycles. The summed E-state index contributed by atoms with van der Waals surface area (Å²) in [6, 6.07) is 70.5. The molecule has 1 nitrogen and oxygen atoms in total. The molecule has 0 aliphatic rings. The molecule has 11 rings (SSSR count). The van der Waals surface area contributed by atoms with Crippen LogP contribution in [0.15, 0.2) is 199 Å². The van der Waals surface area contributed by atoms with Gasteiger partial charge in [-0.05, 0) is 106 Å². The molecule has 0 radical (unpaired) electrons. The number of furan rings is 1. The summed E-state index contributed by atoms with van der Waals surface area (Å²) in [5, 5.41) is 12.3. The SMILES string of the molecule is c1ccc(-c2ccc(-c3c4ccccc4c(-c4ccc(-c5ccc6oc7ccc8ccccc8c7c6c5)cc4)c4ccccc34)c3ccccc23)cc1. The molecule has 1 aromatic heterocycles. The molecule has 0 bridgehead atoms. The summed E-state index contributed by atoms with van der Waals surface area (Å²) in [6.07, 6.45) is 0. The van der Waals surface area contributed by atoms with Crippen LogP contribution in [0.25, 0.3) is 110 Å². The van der Waals surface area contributed by atoms with Crippen LogP contribution in [-0.4, -0.2) is 0 Å². The highest BCUT2D eigenvalue weighted by molar-refractivity contribution is 6.24. The third-order valence-corrected chi connectivity index (χ3v) is 11.1. The molecule has 1 heterocycles. The summed E-state index contributed by atoms with van der Waals surface area (Å²) in [5.74, 6) is 0. The van der Waals surface area contributed by atoms with Crippen LogP contribution in [0.2, 0.25) is 0 Å². The third kappa shape index (κ3) is 4.64. The molecule has 1 heteroatoms. The van der Waals surface area contributed by atoms with Crippen LogP contribution in [-0.2, 0) is 0 Å². The van der Waals surface area contributed by atoms with Gasteiger partial charge in [-0.25, -0.2) is 0 Å². The fraction of sp³-hybridized carbons (Fsp3) is 0. The van der Waals surface area contributed by atoms with Crippen molar-refractivity contribution in [2.24, 2.45) is 0 Å². The molecular weight excluding hydrogens is 641 g/mol. The van der Waals surface area contributed by atoms with Crippen molar-refractivity contribution in [1.82, 2.24) is 0 Å². The molecule has 0 saturated heterocycles. The first-order valence-corrected chi connectivity index (χ1v) is 18.3. The average Bonchev–Trinajstić information content (AvgIpc) is 3.61. The molecule has 0 spiro atoms. The quantitative estimate of drug-likeness (QED) is 0.170. The lowest BCUT2D eigenvalue weighted by Gasteiger charge is -2.20. The van der Waals surface area contributed by atoms with Gasteiger partial charge in [0.15, 0.2) is 0 Å². The van der Waals surface area contributed by atoms with Gasteiger partial charge in [0.05, 0.1) is 0 Å². The molecule has 0 atom stereocenters. The van der Waals surface area contributed by atoms with Crippen molar-refractivity contribution in [2.45, 2.75) is 0 Å². The zero-order valence-corrected chi connectivity index (χ0v) is 28.9. The van der Waals surface area contributed by atoms with E-state index in [-0.39, 0.29) is 0 Å². The smallest absolute Gasteiger partial charge is 0.136 e. The molecule has 0 amide bonds. The minimum absolute atomic E-state index is 0.914. The number of hydrogen-bond donors (Lipinski definition) is 0. The highest BCUT2D eigenvalue weighted by Gasteiger charge is 2.19. The lowest BCUT2D eigenvalue weighted by Crippen LogP contribution is -1.92. The summed E-state index contributed by atoms with van der Waals surface area (Å²) in [7, 11) is 0. The first kappa shape index (κ1) is 29.7. The Morgan fingerprint density at radius 1 is 0.264 bits per heavy atom. The lowest BCUT2D eigenvalue weighted by molar-refractivity contribution is 0.669. The van der Waals surface area contributed by atoms with E-state index in [4.69, 9.17) is 4.42 Å². The Balaban J connectivity index is 1.08. The predicted molar refractivity (Wildman–Crippen MR) is 225 cm³/mol. The average molecular weight is 673 g/mol. The largest absolute Gasteiger partial charge is 0.456 e. The number of hydrogen-bond acceptors (Lipinski definition) is 1. The van der Waals surface area contributed by atoms with Crippen LogP contribution in [0, 0.1) is 0 Å². The lowest BCUT2D eigenvalue weighted by atomic mass is 9.83. The molecule has 0 fully saturated rings. The Labute approximate surface area is 307 Å². The molecule has 0 aliphatic heterocycles. The molecule has 53 heavy (non-hydrogen) atoms. The zero-order valence-electron chi connectivity index (χ0n) is 28.9. The van der Waals surface area contributed by atoms with E-state index in [2.05, 4.69) is 194 Å². The van der Waals surface area contributed by atoms with Crippen molar-refractivity contribution in [3.63, 3.8) is 0 Å². The third-order valence-electron chi connectivity index (χ3n) is 11.1. The Kier molecular flexibility index (Phi) is 6.62. The first-order valence-electron chi connectivity index (χ1n) is 18.3. The van der Waals surface area contributed by atoms with E-state index in [1.54, 1.807) is 0 Å². The zero-order chi connectivity index (χ0) is 34.9. The van der Waals surface area contributed by atoms with Gasteiger partial charge in [0, 0.05) is 10.8 Å². The molecule has 11 aromatic rings. The predicted octanol–water partition coefficient (Wildman–Crippen LogP) is 14.9. The van der Waals surface area contributed by atoms with E-state index in [1.165, 1.54) is 93.0 Å². The van der Waals surface area contributed by atoms with E-state index >= 15 is 0 Å². The fourth-order valence-electron chi connectivity index (χ4n) is 8.67. The van der Waals surface area contributed by atoms with Gasteiger partial charge >= 0.3 is 0 Å². The van der Waals surface area contributed by atoms with Gasteiger partial charge in [0.25, 0.3) is 0 Å². The maximum Gasteiger partial charge on any atom is 0.136 e. The summed E-state index contributed by atoms with van der Waals surface area (Å²) in [5.41, 5.74) is 11.7. The summed E-state index contributed by atoms with van der Waals surface area (Å²) < 4.78 is 6.30. The van der Waals surface area contributed by atoms with Gasteiger partial charge in [0.1, 0.15) is 11.2 Å². The van der Waals surface area contributed by atoms with Crippen LogP contribution >= 0.6 is 0 Å². The highest BCUT2D eigenvalue weighted by Crippen LogP contribution is 2.47. The van der Waals surface area contributed by atoms with Crippen LogP contribution in [0.5, 0.6) is 0 Å². The number of fused-ring (bicyclic) bond motifs is 8. The number of rotatable bonds is 4. The second-order valence-electron chi connectivity index (χ2n) is 14.0. The van der Waals surface area contributed by atoms with Crippen molar-refractivity contribution in [1.29, 1.82) is 0 Å². The first-order chi connectivity index (χ1) is 26.3. The second-order valence-corrected chi connectivity index (χ2v) is 14.0. The van der Waals surface area contributed by atoms with E-state index in [1.807, 2.05) is 0 Å². The fourth-order valence-corrected chi connectivity index (χ4v) is 8.67. The summed E-state index contributed by atoms with van der Waals surface area (Å²) in [6.45, 7) is 0. The van der Waals surface area contributed by atoms with Gasteiger partial charge < -0.3 is 4.42 Å². The Hall–Kier alpha value is -6.96. The van der Waals surface area contributed by atoms with Crippen molar-refractivity contribution in [3.8, 4) is 44.5 Å². The minimum Gasteiger partial charge on any atom is -0.456 e. The topological polar surface area (TPSA) is 13.1 Å². The van der Waals surface area contributed by atoms with E-state index in [0.717, 1.165) is 16.6 Å². The van der Waals surface area contributed by atoms with Crippen LogP contribution < -0.4 is 0 Å². The van der Waals surface area contributed by atoms with Gasteiger partial charge in [-0.15, -0.1) is 0 Å². The molecule has 0 N–H and O–H groups in total. The molecule has 0 unspecified atom stereocenters. The monoisotopic (exact) mass is 672 g/mol. The van der Waals surface area contributed by atoms with Gasteiger partial charge in [-0.2, -0.15) is 0 Å². The highest BCUT2D eigenvalue weighted by atomic mass is 16.3. The maximum absolute atomic E-state index is 6.30. The molecular formula is C52H32O. The van der Waals surface area contributed by atoms with E-state index in [0.29, 0.717) is 0 Å².